The second-order valence-corrected chi connectivity index (χ2v) is 6.31. The predicted molar refractivity (Wildman–Crippen MR) is 77.6 cm³/mol. The number of carbonyl (C=O) groups excluding carboxylic acids is 1. The first-order valence-corrected chi connectivity index (χ1v) is 7.82. The molecule has 1 rings (SSSR count). The highest BCUT2D eigenvalue weighted by atomic mass is 79.9. The maximum absolute atomic E-state index is 12.4. The molecule has 0 aromatic heterocycles. The zero-order chi connectivity index (χ0) is 14.6. The van der Waals surface area contributed by atoms with Crippen molar-refractivity contribution < 1.29 is 18.0 Å². The Morgan fingerprint density at radius 3 is 2.11 bits per heavy atom. The van der Waals surface area contributed by atoms with E-state index in [4.69, 9.17) is 0 Å². The molecule has 0 spiro atoms. The lowest BCUT2D eigenvalue weighted by Gasteiger charge is -2.23. The topological polar surface area (TPSA) is 20.3 Å². The van der Waals surface area contributed by atoms with Gasteiger partial charge in [-0.05, 0) is 18.2 Å². The highest BCUT2D eigenvalue weighted by Crippen LogP contribution is 2.23. The highest BCUT2D eigenvalue weighted by molar-refractivity contribution is 9.11. The molecule has 19 heavy (non-hydrogen) atoms. The predicted octanol–water partition coefficient (Wildman–Crippen LogP) is 4.61. The molecule has 0 aliphatic carbocycles. The first-order chi connectivity index (χ1) is 8.73. The summed E-state index contributed by atoms with van der Waals surface area (Å²) < 4.78 is 38.6. The van der Waals surface area contributed by atoms with Crippen molar-refractivity contribution in [3.8, 4) is 0 Å². The Labute approximate surface area is 133 Å². The summed E-state index contributed by atoms with van der Waals surface area (Å²) in [7, 11) is 0. The standard InChI is InChI=1S/C11H9Br3F3NO/c12-1-2-18(6-11(15,16)17)10(19)7-3-8(13)5-9(14)4-7/h3-5H,1-2,6H2. The maximum atomic E-state index is 12.4. The zero-order valence-electron chi connectivity index (χ0n) is 9.48. The lowest BCUT2D eigenvalue weighted by atomic mass is 10.2. The molecule has 1 aromatic carbocycles. The number of rotatable bonds is 4. The van der Waals surface area contributed by atoms with Gasteiger partial charge in [0.1, 0.15) is 6.54 Å². The van der Waals surface area contributed by atoms with Gasteiger partial charge in [-0.1, -0.05) is 47.8 Å². The molecule has 0 unspecified atom stereocenters. The molecule has 106 valence electrons. The lowest BCUT2D eigenvalue weighted by Crippen LogP contribution is -2.40. The molecule has 0 bridgehead atoms. The van der Waals surface area contributed by atoms with Gasteiger partial charge in [0.15, 0.2) is 0 Å². The van der Waals surface area contributed by atoms with Gasteiger partial charge in [0.2, 0.25) is 0 Å². The molecule has 0 saturated carbocycles. The van der Waals surface area contributed by atoms with Crippen LogP contribution in [0.4, 0.5) is 13.2 Å². The third-order valence-corrected chi connectivity index (χ3v) is 3.39. The molecule has 1 aromatic rings. The maximum Gasteiger partial charge on any atom is 0.406 e. The monoisotopic (exact) mass is 465 g/mol. The first-order valence-electron chi connectivity index (χ1n) is 5.11. The quantitative estimate of drug-likeness (QED) is 0.592. The first kappa shape index (κ1) is 17.0. The molecule has 0 aliphatic heterocycles. The number of halogens is 6. The molecule has 0 fully saturated rings. The molecule has 0 N–H and O–H groups in total. The fourth-order valence-corrected chi connectivity index (χ4v) is 3.15. The van der Waals surface area contributed by atoms with Crippen molar-refractivity contribution >= 4 is 53.7 Å². The van der Waals surface area contributed by atoms with Crippen LogP contribution in [0.3, 0.4) is 0 Å². The van der Waals surface area contributed by atoms with Crippen molar-refractivity contribution in [2.24, 2.45) is 0 Å². The van der Waals surface area contributed by atoms with E-state index in [-0.39, 0.29) is 17.4 Å². The largest absolute Gasteiger partial charge is 0.406 e. The van der Waals surface area contributed by atoms with Crippen molar-refractivity contribution in [2.45, 2.75) is 6.18 Å². The van der Waals surface area contributed by atoms with Crippen LogP contribution < -0.4 is 0 Å². The van der Waals surface area contributed by atoms with Crippen LogP contribution in [0.2, 0.25) is 0 Å². The van der Waals surface area contributed by atoms with Crippen molar-refractivity contribution in [1.82, 2.24) is 4.90 Å². The number of carbonyl (C=O) groups is 1. The summed E-state index contributed by atoms with van der Waals surface area (Å²) in [5.41, 5.74) is 0.200. The van der Waals surface area contributed by atoms with Crippen LogP contribution in [0.25, 0.3) is 0 Å². The Morgan fingerprint density at radius 1 is 1.16 bits per heavy atom. The molecule has 0 saturated heterocycles. The number of hydrogen-bond acceptors (Lipinski definition) is 1. The van der Waals surface area contributed by atoms with E-state index in [1.807, 2.05) is 0 Å². The molecule has 0 radical (unpaired) electrons. The van der Waals surface area contributed by atoms with E-state index in [1.165, 1.54) is 12.1 Å². The number of hydrogen-bond donors (Lipinski definition) is 0. The molecular weight excluding hydrogens is 459 g/mol. The Bertz CT molecular complexity index is 445. The summed E-state index contributed by atoms with van der Waals surface area (Å²) in [4.78, 5) is 12.8. The average molecular weight is 468 g/mol. The van der Waals surface area contributed by atoms with Gasteiger partial charge in [0.25, 0.3) is 5.91 Å². The van der Waals surface area contributed by atoms with Crippen molar-refractivity contribution in [2.75, 3.05) is 18.4 Å². The van der Waals surface area contributed by atoms with Crippen LogP contribution in [0.1, 0.15) is 10.4 Å². The Balaban J connectivity index is 2.98. The summed E-state index contributed by atoms with van der Waals surface area (Å²) in [5.74, 6) is -0.654. The molecule has 0 atom stereocenters. The minimum absolute atomic E-state index is 0.0114. The van der Waals surface area contributed by atoms with Crippen molar-refractivity contribution in [3.63, 3.8) is 0 Å². The van der Waals surface area contributed by atoms with E-state index >= 15 is 0 Å². The number of benzene rings is 1. The van der Waals surface area contributed by atoms with Gasteiger partial charge in [-0.3, -0.25) is 4.79 Å². The molecule has 8 heteroatoms. The van der Waals surface area contributed by atoms with Gasteiger partial charge >= 0.3 is 6.18 Å². The highest BCUT2D eigenvalue weighted by Gasteiger charge is 2.33. The smallest absolute Gasteiger partial charge is 0.329 e. The zero-order valence-corrected chi connectivity index (χ0v) is 14.2. The molecule has 2 nitrogen and oxygen atoms in total. The third-order valence-electron chi connectivity index (χ3n) is 2.12. The summed E-state index contributed by atoms with van der Waals surface area (Å²) >= 11 is 9.44. The van der Waals surface area contributed by atoms with E-state index in [9.17, 15) is 18.0 Å². The normalized spacial score (nSPS) is 11.5. The Hall–Kier alpha value is -0.0800. The number of nitrogens with zero attached hydrogens (tertiary/aromatic N) is 1. The van der Waals surface area contributed by atoms with E-state index in [0.717, 1.165) is 4.90 Å². The van der Waals surface area contributed by atoms with Crippen LogP contribution in [0.15, 0.2) is 27.1 Å². The summed E-state index contributed by atoms with van der Waals surface area (Å²) in [6, 6.07) is 4.69. The molecule has 0 heterocycles. The van der Waals surface area contributed by atoms with Crippen LogP contribution in [-0.2, 0) is 0 Å². The van der Waals surface area contributed by atoms with Crippen molar-refractivity contribution in [1.29, 1.82) is 0 Å². The van der Waals surface area contributed by atoms with E-state index in [2.05, 4.69) is 47.8 Å². The van der Waals surface area contributed by atoms with Gasteiger partial charge in [-0.25, -0.2) is 0 Å². The van der Waals surface area contributed by atoms with Gasteiger partial charge in [0.05, 0.1) is 0 Å². The minimum atomic E-state index is -4.42. The van der Waals surface area contributed by atoms with Crippen LogP contribution >= 0.6 is 47.8 Å². The van der Waals surface area contributed by atoms with Gasteiger partial charge in [0, 0.05) is 26.4 Å². The second kappa shape index (κ2) is 7.08. The van der Waals surface area contributed by atoms with Gasteiger partial charge < -0.3 is 4.90 Å². The summed E-state index contributed by atoms with van der Waals surface area (Å²) in [6.45, 7) is -1.27. The SMILES string of the molecule is O=C(c1cc(Br)cc(Br)c1)N(CCBr)CC(F)(F)F. The van der Waals surface area contributed by atoms with E-state index < -0.39 is 18.6 Å². The Morgan fingerprint density at radius 2 is 1.68 bits per heavy atom. The third kappa shape index (κ3) is 5.83. The lowest BCUT2D eigenvalue weighted by molar-refractivity contribution is -0.140. The van der Waals surface area contributed by atoms with E-state index in [0.29, 0.717) is 8.95 Å². The number of amides is 1. The van der Waals surface area contributed by atoms with Gasteiger partial charge in [-0.15, -0.1) is 0 Å². The van der Waals surface area contributed by atoms with Crippen LogP contribution in [-0.4, -0.2) is 35.4 Å². The second-order valence-electron chi connectivity index (χ2n) is 3.69. The number of alkyl halides is 4. The van der Waals surface area contributed by atoms with E-state index in [1.54, 1.807) is 6.07 Å². The molecule has 1 amide bonds. The summed E-state index contributed by atoms with van der Waals surface area (Å²) in [5, 5.41) is 0.282. The molecular formula is C11H9Br3F3NO. The minimum Gasteiger partial charge on any atom is -0.329 e. The fraction of sp³-hybridized carbons (Fsp3) is 0.364. The van der Waals surface area contributed by atoms with Crippen LogP contribution in [0.5, 0.6) is 0 Å². The fourth-order valence-electron chi connectivity index (χ4n) is 1.43. The average Bonchev–Trinajstić information content (AvgIpc) is 2.24. The summed E-state index contributed by atoms with van der Waals surface area (Å²) in [6.07, 6.45) is -4.42. The van der Waals surface area contributed by atoms with Gasteiger partial charge in [-0.2, -0.15) is 13.2 Å². The molecule has 0 aliphatic rings. The van der Waals surface area contributed by atoms with Crippen molar-refractivity contribution in [3.05, 3.63) is 32.7 Å². The van der Waals surface area contributed by atoms with Crippen LogP contribution in [0, 0.1) is 0 Å². The Kier molecular flexibility index (Phi) is 6.32.